The number of nitrogens with zero attached hydrogens (tertiary/aromatic N) is 4. The molecule has 5 heterocycles. The Labute approximate surface area is 292 Å². The Balaban J connectivity index is 1.06. The van der Waals surface area contributed by atoms with Gasteiger partial charge in [0.05, 0.1) is 35.9 Å². The third kappa shape index (κ3) is 7.15. The fourth-order valence-corrected chi connectivity index (χ4v) is 6.73. The van der Waals surface area contributed by atoms with E-state index in [1.807, 2.05) is 77.9 Å². The molecular weight excluding hydrogens is 636 g/mol. The van der Waals surface area contributed by atoms with E-state index in [1.165, 1.54) is 0 Å². The van der Waals surface area contributed by atoms with E-state index < -0.39 is 11.2 Å². The number of aromatic nitrogens is 4. The molecule has 0 spiro atoms. The Hall–Kier alpha value is -5.00. The summed E-state index contributed by atoms with van der Waals surface area (Å²) < 4.78 is 24.0. The minimum atomic E-state index is -0.566. The fourth-order valence-electron chi connectivity index (χ4n) is 6.73. The summed E-state index contributed by atoms with van der Waals surface area (Å²) in [6.45, 7) is 12.5. The molecule has 2 amide bonds. The molecule has 2 N–H and O–H groups in total. The molecule has 0 radical (unpaired) electrons. The molecule has 2 aromatic heterocycles. The number of carbonyl (C=O) groups is 2. The number of likely N-dealkylation sites (tertiary alicyclic amines) is 2. The molecule has 7 rings (SSSR count). The summed E-state index contributed by atoms with van der Waals surface area (Å²) in [4.78, 5) is 45.8. The number of hydrogen-bond donors (Lipinski definition) is 2. The van der Waals surface area contributed by atoms with Crippen LogP contribution in [0, 0.1) is 0 Å². The minimum absolute atomic E-state index is 0.178. The molecule has 3 aliphatic rings. The number of nitrogens with one attached hydrogen (secondary N) is 2. The Morgan fingerprint density at radius 3 is 1.48 bits per heavy atom. The lowest BCUT2D eigenvalue weighted by atomic mass is 10.0. The molecule has 2 fully saturated rings. The lowest BCUT2D eigenvalue weighted by Gasteiger charge is -2.35. The SMILES string of the molecule is CC(C)(C)OC(=O)N1CCCCC1c1ncc(-c2ccc3c(c2)Oc2ccc(-c4cnc(C5CCCCN5C(=O)OC(C)(C)C)[nH]4)cc2O3)[nH]1. The van der Waals surface area contributed by atoms with Gasteiger partial charge in [-0.15, -0.1) is 0 Å². The monoisotopic (exact) mass is 682 g/mol. The molecule has 12 nitrogen and oxygen atoms in total. The lowest BCUT2D eigenvalue weighted by molar-refractivity contribution is 0.00759. The number of ether oxygens (including phenoxy) is 4. The van der Waals surface area contributed by atoms with Crippen LogP contribution in [0.25, 0.3) is 22.5 Å². The third-order valence-electron chi connectivity index (χ3n) is 9.03. The van der Waals surface area contributed by atoms with Gasteiger partial charge in [0, 0.05) is 24.2 Å². The van der Waals surface area contributed by atoms with Gasteiger partial charge in [-0.2, -0.15) is 0 Å². The van der Waals surface area contributed by atoms with Gasteiger partial charge in [0.25, 0.3) is 0 Å². The van der Waals surface area contributed by atoms with Gasteiger partial charge in [0.15, 0.2) is 23.0 Å². The minimum Gasteiger partial charge on any atom is -0.449 e. The molecule has 2 aromatic carbocycles. The number of amides is 2. The molecular formula is C38H46N6O6. The van der Waals surface area contributed by atoms with Crippen LogP contribution in [-0.4, -0.2) is 66.2 Å². The fraction of sp³-hybridized carbons (Fsp3) is 0.474. The van der Waals surface area contributed by atoms with Crippen molar-refractivity contribution in [2.75, 3.05) is 13.1 Å². The Morgan fingerprint density at radius 1 is 0.660 bits per heavy atom. The normalized spacial score (nSPS) is 19.2. The Bertz CT molecular complexity index is 1750. The van der Waals surface area contributed by atoms with Gasteiger partial charge >= 0.3 is 12.2 Å². The zero-order valence-corrected chi connectivity index (χ0v) is 29.7. The van der Waals surface area contributed by atoms with Crippen molar-refractivity contribution in [3.05, 3.63) is 60.4 Å². The van der Waals surface area contributed by atoms with E-state index in [1.54, 1.807) is 22.2 Å². The molecule has 2 saturated heterocycles. The number of rotatable bonds is 4. The number of benzene rings is 2. The van der Waals surface area contributed by atoms with Crippen molar-refractivity contribution in [3.8, 4) is 45.5 Å². The first-order valence-electron chi connectivity index (χ1n) is 17.5. The van der Waals surface area contributed by atoms with Crippen molar-refractivity contribution in [2.24, 2.45) is 0 Å². The summed E-state index contributed by atoms with van der Waals surface area (Å²) in [5.41, 5.74) is 2.28. The molecule has 2 atom stereocenters. The van der Waals surface area contributed by atoms with Crippen molar-refractivity contribution >= 4 is 12.2 Å². The van der Waals surface area contributed by atoms with Gasteiger partial charge < -0.3 is 28.9 Å². The number of H-pyrrole nitrogens is 2. The van der Waals surface area contributed by atoms with Crippen LogP contribution in [0.15, 0.2) is 48.8 Å². The highest BCUT2D eigenvalue weighted by atomic mass is 16.6. The molecule has 12 heteroatoms. The van der Waals surface area contributed by atoms with E-state index in [-0.39, 0.29) is 24.3 Å². The molecule has 264 valence electrons. The maximum Gasteiger partial charge on any atom is 0.410 e. The standard InChI is InChI=1S/C38H46N6O6/c1-37(2,3)49-35(45)43-17-9-7-11-27(43)33-39-21-25(41-33)23-13-15-29-31(19-23)47-30-16-14-24(20-32(30)48-29)26-22-40-34(42-26)28-12-8-10-18-44(28)36(46)50-38(4,5)6/h13-16,19-22,27-28H,7-12,17-18H2,1-6H3,(H,39,41)(H,40,42). The Morgan fingerprint density at radius 2 is 1.08 bits per heavy atom. The molecule has 50 heavy (non-hydrogen) atoms. The van der Waals surface area contributed by atoms with Gasteiger partial charge in [0.1, 0.15) is 22.9 Å². The lowest BCUT2D eigenvalue weighted by Crippen LogP contribution is -2.42. The van der Waals surface area contributed by atoms with E-state index in [9.17, 15) is 9.59 Å². The topological polar surface area (TPSA) is 135 Å². The van der Waals surface area contributed by atoms with Crippen LogP contribution in [0.1, 0.15) is 104 Å². The van der Waals surface area contributed by atoms with Gasteiger partial charge in [-0.3, -0.25) is 9.80 Å². The smallest absolute Gasteiger partial charge is 0.410 e. The average Bonchev–Trinajstić information content (AvgIpc) is 3.77. The quantitative estimate of drug-likeness (QED) is 0.192. The average molecular weight is 683 g/mol. The second-order valence-corrected chi connectivity index (χ2v) is 15.3. The van der Waals surface area contributed by atoms with E-state index >= 15 is 0 Å². The van der Waals surface area contributed by atoms with Crippen molar-refractivity contribution in [2.45, 2.75) is 103 Å². The molecule has 4 aromatic rings. The zero-order valence-electron chi connectivity index (χ0n) is 29.7. The van der Waals surface area contributed by atoms with Crippen molar-refractivity contribution in [1.82, 2.24) is 29.7 Å². The van der Waals surface area contributed by atoms with Crippen molar-refractivity contribution in [3.63, 3.8) is 0 Å². The highest BCUT2D eigenvalue weighted by Gasteiger charge is 2.35. The van der Waals surface area contributed by atoms with Gasteiger partial charge in [-0.05, 0) is 116 Å². The van der Waals surface area contributed by atoms with E-state index in [0.717, 1.165) is 72.7 Å². The van der Waals surface area contributed by atoms with Crippen LogP contribution in [0.2, 0.25) is 0 Å². The summed E-state index contributed by atoms with van der Waals surface area (Å²) in [6.07, 6.45) is 8.49. The largest absolute Gasteiger partial charge is 0.449 e. The summed E-state index contributed by atoms with van der Waals surface area (Å²) >= 11 is 0. The van der Waals surface area contributed by atoms with E-state index in [0.29, 0.717) is 36.1 Å². The van der Waals surface area contributed by atoms with Crippen LogP contribution in [0.3, 0.4) is 0 Å². The summed E-state index contributed by atoms with van der Waals surface area (Å²) in [6, 6.07) is 11.2. The maximum atomic E-state index is 13.0. The highest BCUT2D eigenvalue weighted by molar-refractivity contribution is 5.71. The van der Waals surface area contributed by atoms with E-state index in [2.05, 4.69) is 19.9 Å². The zero-order chi connectivity index (χ0) is 35.2. The number of hydrogen-bond acceptors (Lipinski definition) is 8. The number of fused-ring (bicyclic) bond motifs is 2. The molecule has 3 aliphatic heterocycles. The molecule has 0 bridgehead atoms. The number of carbonyl (C=O) groups excluding carboxylic acids is 2. The van der Waals surface area contributed by atoms with Crippen molar-refractivity contribution < 1.29 is 28.5 Å². The second-order valence-electron chi connectivity index (χ2n) is 15.3. The molecule has 2 unspecified atom stereocenters. The van der Waals surface area contributed by atoms with Gasteiger partial charge in [-0.1, -0.05) is 0 Å². The van der Waals surface area contributed by atoms with Crippen molar-refractivity contribution in [1.29, 1.82) is 0 Å². The summed E-state index contributed by atoms with van der Waals surface area (Å²) in [7, 11) is 0. The van der Waals surface area contributed by atoms with Gasteiger partial charge in [-0.25, -0.2) is 19.6 Å². The van der Waals surface area contributed by atoms with Crippen LogP contribution in [0.4, 0.5) is 9.59 Å². The first-order valence-corrected chi connectivity index (χ1v) is 17.5. The first-order chi connectivity index (χ1) is 23.8. The predicted octanol–water partition coefficient (Wildman–Crippen LogP) is 9.29. The van der Waals surface area contributed by atoms with Gasteiger partial charge in [0.2, 0.25) is 0 Å². The second kappa shape index (κ2) is 13.0. The third-order valence-corrected chi connectivity index (χ3v) is 9.03. The number of imidazole rings is 2. The molecule has 0 saturated carbocycles. The van der Waals surface area contributed by atoms with Crippen LogP contribution in [0.5, 0.6) is 23.0 Å². The number of piperidine rings is 2. The van der Waals surface area contributed by atoms with Crippen LogP contribution >= 0.6 is 0 Å². The summed E-state index contributed by atoms with van der Waals surface area (Å²) in [5, 5.41) is 0. The molecule has 0 aliphatic carbocycles. The van der Waals surface area contributed by atoms with Crippen LogP contribution in [-0.2, 0) is 9.47 Å². The number of aromatic amines is 2. The Kier molecular flexibility index (Phi) is 8.73. The highest BCUT2D eigenvalue weighted by Crippen LogP contribution is 2.48. The van der Waals surface area contributed by atoms with Crippen LogP contribution < -0.4 is 9.47 Å². The first kappa shape index (κ1) is 33.5. The maximum absolute atomic E-state index is 13.0. The summed E-state index contributed by atoms with van der Waals surface area (Å²) in [5.74, 6) is 3.86. The predicted molar refractivity (Wildman–Crippen MR) is 187 cm³/mol. The van der Waals surface area contributed by atoms with E-state index in [4.69, 9.17) is 18.9 Å².